The Bertz CT molecular complexity index is 661. The van der Waals surface area contributed by atoms with Crippen LogP contribution in [0.1, 0.15) is 17.5 Å². The van der Waals surface area contributed by atoms with E-state index in [9.17, 15) is 4.79 Å². The van der Waals surface area contributed by atoms with Gasteiger partial charge >= 0.3 is 0 Å². The van der Waals surface area contributed by atoms with Gasteiger partial charge in [0.1, 0.15) is 5.75 Å². The quantitative estimate of drug-likeness (QED) is 0.806. The van der Waals surface area contributed by atoms with Crippen molar-refractivity contribution < 1.29 is 9.53 Å². The van der Waals surface area contributed by atoms with Crippen LogP contribution in [0.25, 0.3) is 0 Å². The molecule has 22 heavy (non-hydrogen) atoms. The van der Waals surface area contributed by atoms with Crippen LogP contribution in [0.15, 0.2) is 46.9 Å². The molecule has 0 atom stereocenters. The van der Waals surface area contributed by atoms with E-state index in [1.807, 2.05) is 42.5 Å². The fourth-order valence-corrected chi connectivity index (χ4v) is 2.84. The molecule has 0 heterocycles. The lowest BCUT2D eigenvalue weighted by Crippen LogP contribution is -2.23. The van der Waals surface area contributed by atoms with Crippen molar-refractivity contribution in [2.24, 2.45) is 0 Å². The minimum Gasteiger partial charge on any atom is -0.496 e. The number of carbonyl (C=O) groups excluding carboxylic acids is 1. The maximum atomic E-state index is 11.9. The first-order chi connectivity index (χ1) is 10.6. The van der Waals surface area contributed by atoms with Crippen LogP contribution in [-0.2, 0) is 17.8 Å². The zero-order chi connectivity index (χ0) is 15.9. The number of amides is 1. The van der Waals surface area contributed by atoms with Gasteiger partial charge < -0.3 is 10.1 Å². The fourth-order valence-electron chi connectivity index (χ4n) is 2.05. The van der Waals surface area contributed by atoms with Crippen LogP contribution in [0.5, 0.6) is 5.75 Å². The third kappa shape index (κ3) is 4.75. The summed E-state index contributed by atoms with van der Waals surface area (Å²) in [5.74, 6) is 0.791. The molecule has 0 bridgehead atoms. The SMILES string of the molecule is COc1ccc(CCC(=O)NCc2ccccc2Cl)cc1Br. The summed E-state index contributed by atoms with van der Waals surface area (Å²) < 4.78 is 6.08. The second-order valence-electron chi connectivity index (χ2n) is 4.84. The van der Waals surface area contributed by atoms with Crippen molar-refractivity contribution in [3.63, 3.8) is 0 Å². The van der Waals surface area contributed by atoms with E-state index in [0.717, 1.165) is 21.3 Å². The lowest BCUT2D eigenvalue weighted by molar-refractivity contribution is -0.121. The molecule has 2 aromatic carbocycles. The van der Waals surface area contributed by atoms with Crippen molar-refractivity contribution in [2.45, 2.75) is 19.4 Å². The number of nitrogens with one attached hydrogen (secondary N) is 1. The van der Waals surface area contributed by atoms with Gasteiger partial charge in [-0.25, -0.2) is 0 Å². The molecule has 0 aliphatic heterocycles. The van der Waals surface area contributed by atoms with E-state index in [4.69, 9.17) is 16.3 Å². The van der Waals surface area contributed by atoms with Crippen LogP contribution < -0.4 is 10.1 Å². The van der Waals surface area contributed by atoms with Gasteiger partial charge in [0.2, 0.25) is 5.91 Å². The summed E-state index contributed by atoms with van der Waals surface area (Å²) in [6, 6.07) is 13.3. The summed E-state index contributed by atoms with van der Waals surface area (Å²) in [7, 11) is 1.63. The second kappa shape index (κ2) is 8.20. The summed E-state index contributed by atoms with van der Waals surface area (Å²) in [6.07, 6.45) is 1.11. The first-order valence-electron chi connectivity index (χ1n) is 6.92. The summed E-state index contributed by atoms with van der Waals surface area (Å²) in [5, 5.41) is 3.56. The van der Waals surface area contributed by atoms with Crippen LogP contribution in [0, 0.1) is 0 Å². The molecule has 0 fully saturated rings. The highest BCUT2D eigenvalue weighted by Gasteiger charge is 2.06. The third-order valence-corrected chi connectivity index (χ3v) is 4.28. The molecule has 2 aromatic rings. The van der Waals surface area contributed by atoms with Gasteiger partial charge in [-0.2, -0.15) is 0 Å². The Labute approximate surface area is 143 Å². The molecular formula is C17H17BrClNO2. The Morgan fingerprint density at radius 1 is 1.27 bits per heavy atom. The van der Waals surface area contributed by atoms with E-state index in [-0.39, 0.29) is 5.91 Å². The standard InChI is InChI=1S/C17H17BrClNO2/c1-22-16-8-6-12(10-14(16)18)7-9-17(21)20-11-13-4-2-3-5-15(13)19/h2-6,8,10H,7,9,11H2,1H3,(H,20,21). The largest absolute Gasteiger partial charge is 0.496 e. The molecule has 0 aliphatic rings. The zero-order valence-corrected chi connectivity index (χ0v) is 14.6. The van der Waals surface area contributed by atoms with Crippen LogP contribution in [-0.4, -0.2) is 13.0 Å². The molecule has 2 rings (SSSR count). The first kappa shape index (κ1) is 16.8. The number of rotatable bonds is 6. The van der Waals surface area contributed by atoms with Gasteiger partial charge in [0, 0.05) is 18.0 Å². The van der Waals surface area contributed by atoms with Crippen molar-refractivity contribution in [1.29, 1.82) is 0 Å². The molecular weight excluding hydrogens is 366 g/mol. The molecule has 0 radical (unpaired) electrons. The van der Waals surface area contributed by atoms with E-state index in [2.05, 4.69) is 21.2 Å². The van der Waals surface area contributed by atoms with E-state index >= 15 is 0 Å². The van der Waals surface area contributed by atoms with Gasteiger partial charge in [0.05, 0.1) is 11.6 Å². The number of aryl methyl sites for hydroxylation is 1. The molecule has 5 heteroatoms. The predicted octanol–water partition coefficient (Wildman–Crippen LogP) is 4.36. The van der Waals surface area contributed by atoms with Crippen LogP contribution in [0.4, 0.5) is 0 Å². The highest BCUT2D eigenvalue weighted by Crippen LogP contribution is 2.26. The molecule has 116 valence electrons. The van der Waals surface area contributed by atoms with Gasteiger partial charge in [-0.1, -0.05) is 35.9 Å². The fraction of sp³-hybridized carbons (Fsp3) is 0.235. The average Bonchev–Trinajstić information content (AvgIpc) is 2.52. The summed E-state index contributed by atoms with van der Waals surface area (Å²) in [4.78, 5) is 11.9. The summed E-state index contributed by atoms with van der Waals surface area (Å²) in [6.45, 7) is 0.449. The van der Waals surface area contributed by atoms with Crippen LogP contribution in [0.2, 0.25) is 5.02 Å². The molecule has 0 aliphatic carbocycles. The van der Waals surface area contributed by atoms with E-state index in [0.29, 0.717) is 24.4 Å². The molecule has 0 unspecified atom stereocenters. The van der Waals surface area contributed by atoms with Crippen molar-refractivity contribution in [3.8, 4) is 5.75 Å². The number of methoxy groups -OCH3 is 1. The van der Waals surface area contributed by atoms with Gasteiger partial charge in [-0.15, -0.1) is 0 Å². The maximum Gasteiger partial charge on any atom is 0.220 e. The van der Waals surface area contributed by atoms with Gasteiger partial charge in [-0.3, -0.25) is 4.79 Å². The average molecular weight is 383 g/mol. The van der Waals surface area contributed by atoms with Gasteiger partial charge in [0.25, 0.3) is 0 Å². The summed E-state index contributed by atoms with van der Waals surface area (Å²) in [5.41, 5.74) is 2.00. The second-order valence-corrected chi connectivity index (χ2v) is 6.10. The van der Waals surface area contributed by atoms with E-state index in [1.54, 1.807) is 7.11 Å². The number of benzene rings is 2. The Morgan fingerprint density at radius 3 is 2.73 bits per heavy atom. The Balaban J connectivity index is 1.83. The highest BCUT2D eigenvalue weighted by atomic mass is 79.9. The minimum absolute atomic E-state index is 0.00635. The molecule has 0 saturated carbocycles. The molecule has 3 nitrogen and oxygen atoms in total. The van der Waals surface area contributed by atoms with Crippen molar-refractivity contribution in [2.75, 3.05) is 7.11 Å². The van der Waals surface area contributed by atoms with E-state index in [1.165, 1.54) is 0 Å². The molecule has 0 saturated heterocycles. The Kier molecular flexibility index (Phi) is 6.28. The van der Waals surface area contributed by atoms with Gasteiger partial charge in [0.15, 0.2) is 0 Å². The highest BCUT2D eigenvalue weighted by molar-refractivity contribution is 9.10. The van der Waals surface area contributed by atoms with Gasteiger partial charge in [-0.05, 0) is 51.7 Å². The number of hydrogen-bond donors (Lipinski definition) is 1. The van der Waals surface area contributed by atoms with Crippen LogP contribution in [0.3, 0.4) is 0 Å². The number of halogens is 2. The van der Waals surface area contributed by atoms with Crippen molar-refractivity contribution in [3.05, 3.63) is 63.1 Å². The normalized spacial score (nSPS) is 10.3. The number of carbonyl (C=O) groups is 1. The molecule has 0 spiro atoms. The van der Waals surface area contributed by atoms with Crippen LogP contribution >= 0.6 is 27.5 Å². The molecule has 1 amide bonds. The number of ether oxygens (including phenoxy) is 1. The monoisotopic (exact) mass is 381 g/mol. The number of hydrogen-bond acceptors (Lipinski definition) is 2. The third-order valence-electron chi connectivity index (χ3n) is 3.29. The Morgan fingerprint density at radius 2 is 2.05 bits per heavy atom. The first-order valence-corrected chi connectivity index (χ1v) is 8.10. The predicted molar refractivity (Wildman–Crippen MR) is 92.3 cm³/mol. The summed E-state index contributed by atoms with van der Waals surface area (Å²) >= 11 is 9.50. The Hall–Kier alpha value is -1.52. The zero-order valence-electron chi connectivity index (χ0n) is 12.2. The lowest BCUT2D eigenvalue weighted by Gasteiger charge is -2.08. The lowest BCUT2D eigenvalue weighted by atomic mass is 10.1. The van der Waals surface area contributed by atoms with Crippen molar-refractivity contribution in [1.82, 2.24) is 5.32 Å². The van der Waals surface area contributed by atoms with Crippen molar-refractivity contribution >= 4 is 33.4 Å². The van der Waals surface area contributed by atoms with E-state index < -0.39 is 0 Å². The molecule has 0 aromatic heterocycles. The molecule has 1 N–H and O–H groups in total. The smallest absolute Gasteiger partial charge is 0.220 e. The topological polar surface area (TPSA) is 38.3 Å². The maximum absolute atomic E-state index is 11.9. The minimum atomic E-state index is 0.00635.